The van der Waals surface area contributed by atoms with E-state index in [0.717, 1.165) is 24.9 Å². The molecule has 1 aromatic heterocycles. The highest BCUT2D eigenvalue weighted by atomic mass is 19.1. The molecule has 0 spiro atoms. The van der Waals surface area contributed by atoms with Crippen LogP contribution in [0.3, 0.4) is 0 Å². The lowest BCUT2D eigenvalue weighted by atomic mass is 9.81. The Morgan fingerprint density at radius 3 is 2.91 bits per heavy atom. The van der Waals surface area contributed by atoms with Crippen LogP contribution in [0.15, 0.2) is 24.3 Å². The van der Waals surface area contributed by atoms with Gasteiger partial charge < -0.3 is 15.4 Å². The van der Waals surface area contributed by atoms with Gasteiger partial charge in [-0.25, -0.2) is 4.39 Å². The number of rotatable bonds is 5. The van der Waals surface area contributed by atoms with Crippen molar-refractivity contribution in [2.45, 2.75) is 69.7 Å². The van der Waals surface area contributed by atoms with Gasteiger partial charge in [0.15, 0.2) is 5.82 Å². The summed E-state index contributed by atoms with van der Waals surface area (Å²) in [6.07, 6.45) is 8.11. The molecule has 4 heterocycles. The Bertz CT molecular complexity index is 1100. The molecule has 1 saturated carbocycles. The van der Waals surface area contributed by atoms with Crippen LogP contribution in [0.5, 0.6) is 0 Å². The molecular formula is C26H30FN5O. The normalized spacial score (nSPS) is 34.4. The number of fused-ring (bicyclic) bond motifs is 3. The quantitative estimate of drug-likeness (QED) is 0.715. The molecule has 3 saturated heterocycles. The number of halogens is 1. The topological polar surface area (TPSA) is 82.9 Å². The van der Waals surface area contributed by atoms with Crippen LogP contribution in [-0.4, -0.2) is 41.0 Å². The molecule has 2 bridgehead atoms. The van der Waals surface area contributed by atoms with Crippen molar-refractivity contribution >= 4 is 5.82 Å². The number of nitrogens with one attached hydrogen (secondary N) is 2. The highest BCUT2D eigenvalue weighted by Crippen LogP contribution is 2.46. The van der Waals surface area contributed by atoms with Gasteiger partial charge in [-0.3, -0.25) is 0 Å². The summed E-state index contributed by atoms with van der Waals surface area (Å²) < 4.78 is 19.8. The van der Waals surface area contributed by atoms with Crippen LogP contribution >= 0.6 is 0 Å². The van der Waals surface area contributed by atoms with E-state index in [1.165, 1.54) is 37.8 Å². The number of hydrogen-bond acceptors (Lipinski definition) is 6. The first-order chi connectivity index (χ1) is 16.1. The maximum Gasteiger partial charge on any atom is 0.166 e. The Labute approximate surface area is 193 Å². The molecule has 0 radical (unpaired) electrons. The van der Waals surface area contributed by atoms with Gasteiger partial charge in [-0.1, -0.05) is 6.07 Å². The van der Waals surface area contributed by atoms with E-state index in [9.17, 15) is 9.65 Å². The lowest BCUT2D eigenvalue weighted by Gasteiger charge is -2.26. The van der Waals surface area contributed by atoms with Gasteiger partial charge in [-0.2, -0.15) is 5.26 Å². The first-order valence-corrected chi connectivity index (χ1v) is 12.3. The lowest BCUT2D eigenvalue weighted by molar-refractivity contribution is 0.0887. The first kappa shape index (κ1) is 21.0. The van der Waals surface area contributed by atoms with E-state index in [-0.39, 0.29) is 5.82 Å². The lowest BCUT2D eigenvalue weighted by Crippen LogP contribution is -2.33. The molecule has 7 atom stereocenters. The number of nitriles is 1. The molecule has 0 unspecified atom stereocenters. The van der Waals surface area contributed by atoms with Gasteiger partial charge in [0.25, 0.3) is 0 Å². The molecule has 7 heteroatoms. The average Bonchev–Trinajstić information content (AvgIpc) is 3.59. The van der Waals surface area contributed by atoms with Crippen molar-refractivity contribution in [1.29, 1.82) is 5.26 Å². The molecule has 2 N–H and O–H groups in total. The predicted molar refractivity (Wildman–Crippen MR) is 123 cm³/mol. The Morgan fingerprint density at radius 1 is 1.21 bits per heavy atom. The second kappa shape index (κ2) is 8.34. The van der Waals surface area contributed by atoms with E-state index >= 15 is 0 Å². The van der Waals surface area contributed by atoms with Crippen LogP contribution in [0.4, 0.5) is 10.2 Å². The molecule has 3 aliphatic heterocycles. The van der Waals surface area contributed by atoms with Gasteiger partial charge in [0.2, 0.25) is 0 Å². The van der Waals surface area contributed by atoms with E-state index in [1.807, 2.05) is 6.92 Å². The minimum atomic E-state index is -0.323. The molecule has 6 nitrogen and oxygen atoms in total. The zero-order valence-electron chi connectivity index (χ0n) is 18.9. The van der Waals surface area contributed by atoms with Gasteiger partial charge in [0, 0.05) is 17.6 Å². The monoisotopic (exact) mass is 447 g/mol. The predicted octanol–water partition coefficient (Wildman–Crippen LogP) is 4.20. The van der Waals surface area contributed by atoms with Crippen molar-refractivity contribution < 1.29 is 9.13 Å². The molecule has 33 heavy (non-hydrogen) atoms. The van der Waals surface area contributed by atoms with Gasteiger partial charge in [-0.05, 0) is 93.5 Å². The van der Waals surface area contributed by atoms with Gasteiger partial charge in [-0.15, -0.1) is 10.2 Å². The van der Waals surface area contributed by atoms with Crippen LogP contribution in [0.1, 0.15) is 49.7 Å². The number of benzene rings is 1. The molecule has 1 aromatic carbocycles. The minimum Gasteiger partial charge on any atom is -0.375 e. The van der Waals surface area contributed by atoms with Crippen molar-refractivity contribution in [1.82, 2.24) is 15.5 Å². The standard InChI is InChI=1S/C26H30FN5O/c1-14-2-3-18(27)10-21(14)24-9-16(12-28)26(32-31-24)30-19-6-17-13-29-23(22(17)11-19)8-15-7-20-4-5-25(15)33-20/h2-3,9-10,15,17,19-20,22-23,25,29H,4-8,11,13H2,1H3,(H,30,32)/t15-,17+,19-,20+,22-,23-,25+/m0/s1. The van der Waals surface area contributed by atoms with Crippen LogP contribution in [0.25, 0.3) is 11.3 Å². The summed E-state index contributed by atoms with van der Waals surface area (Å²) in [7, 11) is 0. The zero-order chi connectivity index (χ0) is 22.5. The molecular weight excluding hydrogens is 417 g/mol. The average molecular weight is 448 g/mol. The van der Waals surface area contributed by atoms with Crippen molar-refractivity contribution in [3.8, 4) is 17.3 Å². The third-order valence-corrected chi connectivity index (χ3v) is 8.43. The molecule has 4 aliphatic rings. The van der Waals surface area contributed by atoms with Crippen molar-refractivity contribution in [2.24, 2.45) is 17.8 Å². The maximum absolute atomic E-state index is 13.7. The zero-order valence-corrected chi connectivity index (χ0v) is 18.9. The summed E-state index contributed by atoms with van der Waals surface area (Å²) in [6.45, 7) is 2.98. The van der Waals surface area contributed by atoms with Gasteiger partial charge >= 0.3 is 0 Å². The van der Waals surface area contributed by atoms with E-state index < -0.39 is 0 Å². The molecule has 172 valence electrons. The highest BCUT2D eigenvalue weighted by Gasteiger charge is 2.47. The summed E-state index contributed by atoms with van der Waals surface area (Å²) in [5.74, 6) is 2.25. The first-order valence-electron chi connectivity index (χ1n) is 12.3. The third kappa shape index (κ3) is 3.89. The summed E-state index contributed by atoms with van der Waals surface area (Å²) in [6, 6.07) is 9.42. The second-order valence-corrected chi connectivity index (χ2v) is 10.4. The summed E-state index contributed by atoms with van der Waals surface area (Å²) in [4.78, 5) is 0. The molecule has 2 aromatic rings. The van der Waals surface area contributed by atoms with Crippen LogP contribution in [0.2, 0.25) is 0 Å². The fraction of sp³-hybridized carbons (Fsp3) is 0.577. The maximum atomic E-state index is 13.7. The van der Waals surface area contributed by atoms with Gasteiger partial charge in [0.05, 0.1) is 23.5 Å². The number of anilines is 1. The molecule has 6 rings (SSSR count). The Morgan fingerprint density at radius 2 is 2.12 bits per heavy atom. The number of aromatic nitrogens is 2. The van der Waals surface area contributed by atoms with E-state index in [4.69, 9.17) is 4.74 Å². The number of hydrogen-bond donors (Lipinski definition) is 2. The number of ether oxygens (including phenoxy) is 1. The van der Waals surface area contributed by atoms with Crippen molar-refractivity contribution in [3.63, 3.8) is 0 Å². The fourth-order valence-corrected chi connectivity index (χ4v) is 6.81. The third-order valence-electron chi connectivity index (χ3n) is 8.43. The van der Waals surface area contributed by atoms with Crippen LogP contribution < -0.4 is 10.6 Å². The van der Waals surface area contributed by atoms with Crippen molar-refractivity contribution in [3.05, 3.63) is 41.2 Å². The van der Waals surface area contributed by atoms with Crippen LogP contribution in [0, 0.1) is 41.8 Å². The number of aryl methyl sites for hydroxylation is 1. The largest absolute Gasteiger partial charge is 0.375 e. The smallest absolute Gasteiger partial charge is 0.166 e. The Balaban J connectivity index is 1.14. The van der Waals surface area contributed by atoms with Crippen molar-refractivity contribution in [2.75, 3.05) is 11.9 Å². The van der Waals surface area contributed by atoms with E-state index in [0.29, 0.717) is 64.7 Å². The summed E-state index contributed by atoms with van der Waals surface area (Å²) in [5.41, 5.74) is 2.54. The fourth-order valence-electron chi connectivity index (χ4n) is 6.81. The summed E-state index contributed by atoms with van der Waals surface area (Å²) >= 11 is 0. The molecule has 1 aliphatic carbocycles. The summed E-state index contributed by atoms with van der Waals surface area (Å²) in [5, 5.41) is 25.7. The van der Waals surface area contributed by atoms with Gasteiger partial charge in [0.1, 0.15) is 11.9 Å². The number of nitrogens with zero attached hydrogens (tertiary/aromatic N) is 3. The van der Waals surface area contributed by atoms with E-state index in [1.54, 1.807) is 12.1 Å². The SMILES string of the molecule is Cc1ccc(F)cc1-c1cc(C#N)c(N[C@H]2C[C@@H]3CN[C@@H](C[C@@H]4C[C@H]5CC[C@H]4O5)[C@H]3C2)nn1. The second-order valence-electron chi connectivity index (χ2n) is 10.4. The highest BCUT2D eigenvalue weighted by molar-refractivity contribution is 5.67. The van der Waals surface area contributed by atoms with Crippen LogP contribution in [-0.2, 0) is 4.74 Å². The minimum absolute atomic E-state index is 0.295. The van der Waals surface area contributed by atoms with E-state index in [2.05, 4.69) is 26.9 Å². The molecule has 0 amide bonds. The Hall–Kier alpha value is -2.56. The molecule has 4 fully saturated rings. The Kier molecular flexibility index (Phi) is 5.31.